The Hall–Kier alpha value is -2.55. The minimum atomic E-state index is -0.410. The number of carbonyl (C=O) groups is 1. The molecule has 3 nitrogen and oxygen atoms in total. The Morgan fingerprint density at radius 3 is 2.30 bits per heavy atom. The Bertz CT molecular complexity index is 585. The fourth-order valence-electron chi connectivity index (χ4n) is 1.71. The van der Waals surface area contributed by atoms with E-state index in [9.17, 15) is 4.79 Å². The maximum atomic E-state index is 11.9. The van der Waals surface area contributed by atoms with Crippen LogP contribution in [0, 0.1) is 0 Å². The first kappa shape index (κ1) is 13.9. The second kappa shape index (κ2) is 6.57. The molecular weight excluding hydrogens is 252 g/mol. The van der Waals surface area contributed by atoms with E-state index in [1.54, 1.807) is 7.11 Å². The van der Waals surface area contributed by atoms with E-state index >= 15 is 0 Å². The molecule has 0 unspecified atom stereocenters. The lowest BCUT2D eigenvalue weighted by Gasteiger charge is -2.08. The molecule has 3 heteroatoms. The van der Waals surface area contributed by atoms with Gasteiger partial charge in [0, 0.05) is 0 Å². The van der Waals surface area contributed by atoms with Crippen LogP contribution in [0.25, 0.3) is 5.57 Å². The standard InChI is InChI=1S/C17H16O3/c1-13(15-6-4-3-5-7-15)17(18)20-12-14-8-10-16(19-2)11-9-14/h3-11H,1,12H2,2H3. The maximum Gasteiger partial charge on any atom is 0.338 e. The second-order valence-corrected chi connectivity index (χ2v) is 4.27. The van der Waals surface area contributed by atoms with Crippen LogP contribution in [0.2, 0.25) is 0 Å². The van der Waals surface area contributed by atoms with Crippen molar-refractivity contribution in [2.75, 3.05) is 7.11 Å². The molecule has 0 aliphatic carbocycles. The first-order valence-corrected chi connectivity index (χ1v) is 6.25. The SMILES string of the molecule is C=C(C(=O)OCc1ccc(OC)cc1)c1ccccc1. The first-order chi connectivity index (χ1) is 9.70. The zero-order chi connectivity index (χ0) is 14.4. The van der Waals surface area contributed by atoms with E-state index in [4.69, 9.17) is 9.47 Å². The molecule has 0 aliphatic heterocycles. The molecule has 0 saturated carbocycles. The van der Waals surface area contributed by atoms with E-state index in [2.05, 4.69) is 6.58 Å². The first-order valence-electron chi connectivity index (χ1n) is 6.25. The molecular formula is C17H16O3. The summed E-state index contributed by atoms with van der Waals surface area (Å²) in [5, 5.41) is 0. The molecule has 0 spiro atoms. The molecule has 0 heterocycles. The minimum Gasteiger partial charge on any atom is -0.497 e. The number of ether oxygens (including phenoxy) is 2. The molecule has 0 saturated heterocycles. The molecule has 0 bridgehead atoms. The molecule has 20 heavy (non-hydrogen) atoms. The number of benzene rings is 2. The van der Waals surface area contributed by atoms with Gasteiger partial charge in [0.25, 0.3) is 0 Å². The highest BCUT2D eigenvalue weighted by Gasteiger charge is 2.10. The highest BCUT2D eigenvalue weighted by atomic mass is 16.5. The van der Waals surface area contributed by atoms with Crippen LogP contribution in [0.3, 0.4) is 0 Å². The predicted octanol–water partition coefficient (Wildman–Crippen LogP) is 3.45. The molecule has 0 N–H and O–H groups in total. The van der Waals surface area contributed by atoms with Gasteiger partial charge in [0.1, 0.15) is 12.4 Å². The molecule has 0 aromatic heterocycles. The van der Waals surface area contributed by atoms with Crippen molar-refractivity contribution < 1.29 is 14.3 Å². The van der Waals surface area contributed by atoms with Crippen LogP contribution in [0.4, 0.5) is 0 Å². The molecule has 0 atom stereocenters. The minimum absolute atomic E-state index is 0.217. The molecule has 0 amide bonds. The van der Waals surface area contributed by atoms with E-state index in [0.29, 0.717) is 5.57 Å². The highest BCUT2D eigenvalue weighted by molar-refractivity contribution is 6.15. The van der Waals surface area contributed by atoms with E-state index in [1.807, 2.05) is 54.6 Å². The van der Waals surface area contributed by atoms with Crippen LogP contribution in [0.1, 0.15) is 11.1 Å². The zero-order valence-electron chi connectivity index (χ0n) is 11.3. The maximum absolute atomic E-state index is 11.9. The third kappa shape index (κ3) is 3.48. The summed E-state index contributed by atoms with van der Waals surface area (Å²) in [6, 6.07) is 16.6. The van der Waals surface area contributed by atoms with Crippen molar-refractivity contribution in [1.29, 1.82) is 0 Å². The molecule has 2 rings (SSSR count). The van der Waals surface area contributed by atoms with Gasteiger partial charge in [0.2, 0.25) is 0 Å². The number of esters is 1. The van der Waals surface area contributed by atoms with Gasteiger partial charge in [-0.05, 0) is 23.3 Å². The predicted molar refractivity (Wildman–Crippen MR) is 78.3 cm³/mol. The highest BCUT2D eigenvalue weighted by Crippen LogP contribution is 2.16. The fourth-order valence-corrected chi connectivity index (χ4v) is 1.71. The van der Waals surface area contributed by atoms with Gasteiger partial charge in [-0.2, -0.15) is 0 Å². The van der Waals surface area contributed by atoms with E-state index in [-0.39, 0.29) is 6.61 Å². The van der Waals surface area contributed by atoms with Crippen LogP contribution < -0.4 is 4.74 Å². The summed E-state index contributed by atoms with van der Waals surface area (Å²) in [6.07, 6.45) is 0. The largest absolute Gasteiger partial charge is 0.497 e. The molecule has 2 aromatic rings. The summed E-state index contributed by atoms with van der Waals surface area (Å²) < 4.78 is 10.3. The fraction of sp³-hybridized carbons (Fsp3) is 0.118. The molecule has 0 aliphatic rings. The van der Waals surface area contributed by atoms with Crippen LogP contribution in [0.5, 0.6) is 5.75 Å². The Morgan fingerprint density at radius 2 is 1.70 bits per heavy atom. The van der Waals surface area contributed by atoms with Crippen LogP contribution in [0.15, 0.2) is 61.2 Å². The lowest BCUT2D eigenvalue weighted by molar-refractivity contribution is -0.137. The number of carbonyl (C=O) groups excluding carboxylic acids is 1. The molecule has 0 radical (unpaired) electrons. The van der Waals surface area contributed by atoms with Gasteiger partial charge in [-0.1, -0.05) is 49.0 Å². The zero-order valence-corrected chi connectivity index (χ0v) is 11.3. The van der Waals surface area contributed by atoms with E-state index in [0.717, 1.165) is 16.9 Å². The molecule has 0 fully saturated rings. The summed E-state index contributed by atoms with van der Waals surface area (Å²) in [7, 11) is 1.61. The summed E-state index contributed by atoms with van der Waals surface area (Å²) in [5.74, 6) is 0.362. The topological polar surface area (TPSA) is 35.5 Å². The summed E-state index contributed by atoms with van der Waals surface area (Å²) in [6.45, 7) is 3.99. The van der Waals surface area contributed by atoms with Crippen LogP contribution in [-0.4, -0.2) is 13.1 Å². The Balaban J connectivity index is 1.93. The third-order valence-electron chi connectivity index (χ3n) is 2.90. The van der Waals surface area contributed by atoms with Crippen molar-refractivity contribution in [3.05, 3.63) is 72.3 Å². The van der Waals surface area contributed by atoms with Gasteiger partial charge in [0.15, 0.2) is 0 Å². The Kier molecular flexibility index (Phi) is 4.56. The second-order valence-electron chi connectivity index (χ2n) is 4.27. The van der Waals surface area contributed by atoms with E-state index in [1.165, 1.54) is 0 Å². The third-order valence-corrected chi connectivity index (χ3v) is 2.90. The normalized spacial score (nSPS) is 9.85. The smallest absolute Gasteiger partial charge is 0.338 e. The van der Waals surface area contributed by atoms with Gasteiger partial charge < -0.3 is 9.47 Å². The van der Waals surface area contributed by atoms with Gasteiger partial charge in [-0.3, -0.25) is 0 Å². The van der Waals surface area contributed by atoms with Crippen molar-refractivity contribution in [3.8, 4) is 5.75 Å². The average molecular weight is 268 g/mol. The van der Waals surface area contributed by atoms with Crippen molar-refractivity contribution in [2.45, 2.75) is 6.61 Å². The van der Waals surface area contributed by atoms with Crippen molar-refractivity contribution in [3.63, 3.8) is 0 Å². The Morgan fingerprint density at radius 1 is 1.05 bits per heavy atom. The summed E-state index contributed by atoms with van der Waals surface area (Å²) >= 11 is 0. The number of hydrogen-bond donors (Lipinski definition) is 0. The van der Waals surface area contributed by atoms with Crippen LogP contribution in [-0.2, 0) is 16.1 Å². The van der Waals surface area contributed by atoms with Gasteiger partial charge >= 0.3 is 5.97 Å². The lowest BCUT2D eigenvalue weighted by Crippen LogP contribution is -2.06. The van der Waals surface area contributed by atoms with E-state index < -0.39 is 5.97 Å². The summed E-state index contributed by atoms with van der Waals surface area (Å²) in [4.78, 5) is 11.9. The van der Waals surface area contributed by atoms with Gasteiger partial charge in [0.05, 0.1) is 12.7 Å². The van der Waals surface area contributed by atoms with Crippen molar-refractivity contribution in [1.82, 2.24) is 0 Å². The lowest BCUT2D eigenvalue weighted by atomic mass is 10.1. The Labute approximate surface area is 118 Å². The summed E-state index contributed by atoms with van der Waals surface area (Å²) in [5.41, 5.74) is 2.03. The molecule has 102 valence electrons. The number of hydrogen-bond acceptors (Lipinski definition) is 3. The van der Waals surface area contributed by atoms with Crippen molar-refractivity contribution in [2.24, 2.45) is 0 Å². The number of rotatable bonds is 5. The monoisotopic (exact) mass is 268 g/mol. The van der Waals surface area contributed by atoms with Gasteiger partial charge in [-0.25, -0.2) is 4.79 Å². The average Bonchev–Trinajstić information content (AvgIpc) is 2.53. The van der Waals surface area contributed by atoms with Crippen LogP contribution >= 0.6 is 0 Å². The van der Waals surface area contributed by atoms with Gasteiger partial charge in [-0.15, -0.1) is 0 Å². The molecule has 2 aromatic carbocycles. The van der Waals surface area contributed by atoms with Crippen molar-refractivity contribution >= 4 is 11.5 Å². The quantitative estimate of drug-likeness (QED) is 0.615. The number of methoxy groups -OCH3 is 1.